The third-order valence-electron chi connectivity index (χ3n) is 5.04. The molecule has 5 heteroatoms. The molecule has 0 aromatic heterocycles. The Hall–Kier alpha value is -2.56. The molecule has 1 aliphatic carbocycles. The first-order valence-electron chi connectivity index (χ1n) is 7.85. The summed E-state index contributed by atoms with van der Waals surface area (Å²) in [5.41, 5.74) is 0.352. The lowest BCUT2D eigenvalue weighted by atomic mass is 9.97. The van der Waals surface area contributed by atoms with Crippen LogP contribution in [-0.4, -0.2) is 16.7 Å². The van der Waals surface area contributed by atoms with E-state index in [2.05, 4.69) is 0 Å². The number of nitrogens with zero attached hydrogens (tertiary/aromatic N) is 1. The van der Waals surface area contributed by atoms with Crippen LogP contribution >= 0.6 is 0 Å². The Bertz CT molecular complexity index is 837. The van der Waals surface area contributed by atoms with Gasteiger partial charge in [-0.2, -0.15) is 0 Å². The second-order valence-electron chi connectivity index (χ2n) is 6.53. The van der Waals surface area contributed by atoms with Crippen LogP contribution in [0.5, 0.6) is 0 Å². The highest BCUT2D eigenvalue weighted by Crippen LogP contribution is 2.65. The van der Waals surface area contributed by atoms with Crippen molar-refractivity contribution in [2.24, 2.45) is 5.41 Å². The molecule has 1 saturated carbocycles. The van der Waals surface area contributed by atoms with Gasteiger partial charge in [-0.15, -0.1) is 0 Å². The fourth-order valence-corrected chi connectivity index (χ4v) is 3.68. The summed E-state index contributed by atoms with van der Waals surface area (Å²) in [6.07, 6.45) is 0.533. The largest absolute Gasteiger partial charge is 0.278 e. The van der Waals surface area contributed by atoms with Gasteiger partial charge in [0.1, 0.15) is 11.6 Å². The molecular weight excluding hydrogens is 312 g/mol. The summed E-state index contributed by atoms with van der Waals surface area (Å²) in [5.74, 6) is -2.13. The van der Waals surface area contributed by atoms with Crippen LogP contribution < -0.4 is 0 Å². The first-order chi connectivity index (χ1) is 11.5. The van der Waals surface area contributed by atoms with Gasteiger partial charge < -0.3 is 0 Å². The fraction of sp³-hybridized carbons (Fsp3) is 0.263. The van der Waals surface area contributed by atoms with Gasteiger partial charge in [0, 0.05) is 18.4 Å². The van der Waals surface area contributed by atoms with Crippen LogP contribution in [0.25, 0.3) is 0 Å². The van der Waals surface area contributed by atoms with E-state index >= 15 is 0 Å². The lowest BCUT2D eigenvalue weighted by Crippen LogP contribution is -2.30. The number of rotatable bonds is 3. The molecule has 2 atom stereocenters. The van der Waals surface area contributed by atoms with Crippen LogP contribution in [0.4, 0.5) is 8.78 Å². The van der Waals surface area contributed by atoms with Gasteiger partial charge in [-0.05, 0) is 23.6 Å². The number of benzene rings is 2. The van der Waals surface area contributed by atoms with E-state index in [4.69, 9.17) is 0 Å². The molecule has 0 bridgehead atoms. The second kappa shape index (κ2) is 5.23. The van der Waals surface area contributed by atoms with Gasteiger partial charge in [0.2, 0.25) is 11.8 Å². The Morgan fingerprint density at radius 2 is 1.83 bits per heavy atom. The standard InChI is InChI=1S/C19H15F2NO2/c20-13-6-7-14(16(21)8-13)15-9-19(15)10-17(23)22(18(19)24)11-12-4-2-1-3-5-12/h1-8,15H,9-11H2/t15-,19-/m0/s1. The molecule has 1 spiro atoms. The number of imide groups is 1. The third-order valence-corrected chi connectivity index (χ3v) is 5.04. The molecular formula is C19H15F2NO2. The molecule has 2 amide bonds. The highest BCUT2D eigenvalue weighted by atomic mass is 19.1. The van der Waals surface area contributed by atoms with E-state index in [1.54, 1.807) is 0 Å². The molecule has 0 radical (unpaired) electrons. The molecule has 2 fully saturated rings. The quantitative estimate of drug-likeness (QED) is 0.810. The Labute approximate surface area is 137 Å². The zero-order valence-electron chi connectivity index (χ0n) is 12.8. The van der Waals surface area contributed by atoms with Crippen molar-refractivity contribution in [1.82, 2.24) is 4.90 Å². The molecule has 4 rings (SSSR count). The van der Waals surface area contributed by atoms with Gasteiger partial charge >= 0.3 is 0 Å². The van der Waals surface area contributed by atoms with Crippen LogP contribution in [0.3, 0.4) is 0 Å². The summed E-state index contributed by atoms with van der Waals surface area (Å²) in [6, 6.07) is 12.7. The smallest absolute Gasteiger partial charge is 0.236 e. The van der Waals surface area contributed by atoms with E-state index in [0.29, 0.717) is 12.0 Å². The van der Waals surface area contributed by atoms with Crippen LogP contribution in [0.15, 0.2) is 48.5 Å². The predicted molar refractivity (Wildman–Crippen MR) is 82.8 cm³/mol. The first-order valence-corrected chi connectivity index (χ1v) is 7.85. The minimum atomic E-state index is -0.843. The molecule has 2 aromatic rings. The summed E-state index contributed by atoms with van der Waals surface area (Å²) < 4.78 is 27.1. The lowest BCUT2D eigenvalue weighted by Gasteiger charge is -2.15. The van der Waals surface area contributed by atoms with Crippen LogP contribution in [0, 0.1) is 17.0 Å². The Morgan fingerprint density at radius 1 is 1.08 bits per heavy atom. The average molecular weight is 327 g/mol. The molecule has 24 heavy (non-hydrogen) atoms. The molecule has 0 N–H and O–H groups in total. The van der Waals surface area contributed by atoms with Gasteiger partial charge in [-0.3, -0.25) is 14.5 Å². The maximum absolute atomic E-state index is 14.0. The normalized spacial score (nSPS) is 25.6. The van der Waals surface area contributed by atoms with E-state index in [1.165, 1.54) is 17.0 Å². The van der Waals surface area contributed by atoms with Gasteiger partial charge in [0.05, 0.1) is 12.0 Å². The maximum atomic E-state index is 14.0. The van der Waals surface area contributed by atoms with Crippen LogP contribution in [-0.2, 0) is 16.1 Å². The summed E-state index contributed by atoms with van der Waals surface area (Å²) in [5, 5.41) is 0. The van der Waals surface area contributed by atoms with Crippen molar-refractivity contribution in [2.75, 3.05) is 0 Å². The topological polar surface area (TPSA) is 37.4 Å². The third kappa shape index (κ3) is 2.23. The molecule has 2 aliphatic rings. The van der Waals surface area contributed by atoms with Crippen molar-refractivity contribution >= 4 is 11.8 Å². The molecule has 3 nitrogen and oxygen atoms in total. The fourth-order valence-electron chi connectivity index (χ4n) is 3.68. The zero-order chi connectivity index (χ0) is 16.9. The molecule has 1 heterocycles. The number of amides is 2. The SMILES string of the molecule is O=C1C[C@]2(C[C@H]2c2ccc(F)cc2F)C(=O)N1Cc1ccccc1. The lowest BCUT2D eigenvalue weighted by molar-refractivity contribution is -0.140. The van der Waals surface area contributed by atoms with E-state index in [-0.39, 0.29) is 30.7 Å². The second-order valence-corrected chi connectivity index (χ2v) is 6.53. The summed E-state index contributed by atoms with van der Waals surface area (Å²) >= 11 is 0. The van der Waals surface area contributed by atoms with Crippen molar-refractivity contribution in [2.45, 2.75) is 25.3 Å². The zero-order valence-corrected chi connectivity index (χ0v) is 12.8. The van der Waals surface area contributed by atoms with Crippen molar-refractivity contribution in [3.63, 3.8) is 0 Å². The minimum Gasteiger partial charge on any atom is -0.278 e. The highest BCUT2D eigenvalue weighted by molar-refractivity contribution is 6.08. The molecule has 2 aromatic carbocycles. The summed E-state index contributed by atoms with van der Waals surface area (Å²) in [7, 11) is 0. The summed E-state index contributed by atoms with van der Waals surface area (Å²) in [4.78, 5) is 26.3. The van der Waals surface area contributed by atoms with Crippen molar-refractivity contribution in [1.29, 1.82) is 0 Å². The van der Waals surface area contributed by atoms with Crippen molar-refractivity contribution < 1.29 is 18.4 Å². The maximum Gasteiger partial charge on any atom is 0.236 e. The number of hydrogen-bond donors (Lipinski definition) is 0. The van der Waals surface area contributed by atoms with Gasteiger partial charge in [-0.1, -0.05) is 36.4 Å². The molecule has 1 saturated heterocycles. The van der Waals surface area contributed by atoms with E-state index in [9.17, 15) is 18.4 Å². The Balaban J connectivity index is 1.58. The van der Waals surface area contributed by atoms with Crippen LogP contribution in [0.2, 0.25) is 0 Å². The number of carbonyl (C=O) groups excluding carboxylic acids is 2. The predicted octanol–water partition coefficient (Wildman–Crippen LogP) is 3.40. The average Bonchev–Trinajstić information content (AvgIpc) is 3.22. The number of hydrogen-bond acceptors (Lipinski definition) is 2. The highest BCUT2D eigenvalue weighted by Gasteiger charge is 2.67. The van der Waals surface area contributed by atoms with Gasteiger partial charge in [0.15, 0.2) is 0 Å². The Kier molecular flexibility index (Phi) is 3.27. The van der Waals surface area contributed by atoms with Gasteiger partial charge in [-0.25, -0.2) is 8.78 Å². The molecule has 1 aliphatic heterocycles. The summed E-state index contributed by atoms with van der Waals surface area (Å²) in [6.45, 7) is 0.235. The Morgan fingerprint density at radius 3 is 2.54 bits per heavy atom. The van der Waals surface area contributed by atoms with Gasteiger partial charge in [0.25, 0.3) is 0 Å². The number of halogens is 2. The minimum absolute atomic E-state index is 0.0974. The number of carbonyl (C=O) groups is 2. The van der Waals surface area contributed by atoms with E-state index in [0.717, 1.165) is 11.6 Å². The first kappa shape index (κ1) is 15.0. The monoisotopic (exact) mass is 327 g/mol. The van der Waals surface area contributed by atoms with E-state index < -0.39 is 17.0 Å². The van der Waals surface area contributed by atoms with Crippen molar-refractivity contribution in [3.05, 3.63) is 71.3 Å². The van der Waals surface area contributed by atoms with E-state index in [1.807, 2.05) is 30.3 Å². The van der Waals surface area contributed by atoms with Crippen molar-refractivity contribution in [3.8, 4) is 0 Å². The molecule has 0 unspecified atom stereocenters. The molecule has 122 valence electrons. The van der Waals surface area contributed by atoms with Crippen LogP contribution in [0.1, 0.15) is 29.9 Å². The number of likely N-dealkylation sites (tertiary alicyclic amines) is 1.